The third-order valence-electron chi connectivity index (χ3n) is 2.76. The summed E-state index contributed by atoms with van der Waals surface area (Å²) in [6, 6.07) is 7.57. The Morgan fingerprint density at radius 3 is 2.06 bits per heavy atom. The van der Waals surface area contributed by atoms with E-state index in [1.165, 1.54) is 44.1 Å². The van der Waals surface area contributed by atoms with Gasteiger partial charge in [-0.2, -0.15) is 0 Å². The summed E-state index contributed by atoms with van der Waals surface area (Å²) >= 11 is 0. The first-order valence-corrected chi connectivity index (χ1v) is 6.11. The van der Waals surface area contributed by atoms with Crippen LogP contribution in [0.3, 0.4) is 0 Å². The number of aromatic hydroxyl groups is 1. The van der Waals surface area contributed by atoms with E-state index in [2.05, 4.69) is 6.92 Å². The number of benzene rings is 1. The second kappa shape index (κ2) is 11.2. The van der Waals surface area contributed by atoms with Crippen LogP contribution in [0.4, 0.5) is 0 Å². The fourth-order valence-corrected chi connectivity index (χ4v) is 1.77. The Morgan fingerprint density at radius 1 is 0.875 bits per heavy atom. The van der Waals surface area contributed by atoms with E-state index in [-0.39, 0.29) is 68.9 Å². The first-order chi connectivity index (χ1) is 7.33. The standard InChI is InChI=1S/C14H22O.Cs.H/c1-2-3-4-5-6-7-8-13-9-11-14(15)12-10-13;;/h9-12,15H,2-8H2,1H3;;. The average molecular weight is 340 g/mol. The van der Waals surface area contributed by atoms with Crippen LogP contribution in [-0.4, -0.2) is 74.0 Å². The van der Waals surface area contributed by atoms with Gasteiger partial charge >= 0.3 is 68.9 Å². The molecule has 1 N–H and O–H groups in total. The Bertz CT molecular complexity index is 256. The zero-order valence-corrected chi connectivity index (χ0v) is 9.71. The normalized spacial score (nSPS) is 9.81. The van der Waals surface area contributed by atoms with Crippen molar-refractivity contribution in [2.75, 3.05) is 0 Å². The van der Waals surface area contributed by atoms with Crippen LogP contribution in [0.25, 0.3) is 0 Å². The average Bonchev–Trinajstić information content (AvgIpc) is 2.26. The van der Waals surface area contributed by atoms with E-state index in [9.17, 15) is 0 Å². The van der Waals surface area contributed by atoms with Crippen LogP contribution in [-0.2, 0) is 6.42 Å². The van der Waals surface area contributed by atoms with Gasteiger partial charge in [0.1, 0.15) is 5.75 Å². The monoisotopic (exact) mass is 340 g/mol. The van der Waals surface area contributed by atoms with Crippen LogP contribution in [0.1, 0.15) is 51.0 Å². The zero-order chi connectivity index (χ0) is 10.9. The molecule has 1 nitrogen and oxygen atoms in total. The Balaban J connectivity index is 0.00000225. The van der Waals surface area contributed by atoms with Crippen LogP contribution in [0.15, 0.2) is 24.3 Å². The van der Waals surface area contributed by atoms with E-state index in [1.54, 1.807) is 12.1 Å². The van der Waals surface area contributed by atoms with Crippen molar-refractivity contribution < 1.29 is 5.11 Å². The molecule has 0 fully saturated rings. The molecule has 1 aromatic carbocycles. The molecule has 0 saturated heterocycles. The van der Waals surface area contributed by atoms with Gasteiger partial charge in [-0.25, -0.2) is 0 Å². The third kappa shape index (κ3) is 8.21. The Labute approximate surface area is 158 Å². The molecule has 0 atom stereocenters. The molecule has 0 spiro atoms. The van der Waals surface area contributed by atoms with Gasteiger partial charge in [0, 0.05) is 0 Å². The van der Waals surface area contributed by atoms with E-state index in [1.807, 2.05) is 12.1 Å². The van der Waals surface area contributed by atoms with Gasteiger partial charge in [0.15, 0.2) is 0 Å². The molecule has 86 valence electrons. The summed E-state index contributed by atoms with van der Waals surface area (Å²) in [5.74, 6) is 0.363. The molecule has 0 unspecified atom stereocenters. The van der Waals surface area contributed by atoms with Gasteiger partial charge in [-0.05, 0) is 30.5 Å². The zero-order valence-electron chi connectivity index (χ0n) is 9.71. The van der Waals surface area contributed by atoms with E-state index >= 15 is 0 Å². The number of phenolic OH excluding ortho intramolecular Hbond substituents is 1. The van der Waals surface area contributed by atoms with Crippen molar-refractivity contribution in [3.05, 3.63) is 29.8 Å². The van der Waals surface area contributed by atoms with Gasteiger partial charge < -0.3 is 5.11 Å². The first kappa shape index (κ1) is 17.1. The predicted octanol–water partition coefficient (Wildman–Crippen LogP) is 3.65. The van der Waals surface area contributed by atoms with Gasteiger partial charge in [-0.1, -0.05) is 51.2 Å². The fraction of sp³-hybridized carbons (Fsp3) is 0.571. The van der Waals surface area contributed by atoms with Crippen molar-refractivity contribution in [2.45, 2.75) is 51.9 Å². The van der Waals surface area contributed by atoms with Crippen molar-refractivity contribution >= 4 is 68.9 Å². The number of hydrogen-bond donors (Lipinski definition) is 1. The molecule has 1 aromatic rings. The van der Waals surface area contributed by atoms with Crippen molar-refractivity contribution in [3.8, 4) is 5.75 Å². The van der Waals surface area contributed by atoms with E-state index in [0.29, 0.717) is 5.75 Å². The molecular weight excluding hydrogens is 317 g/mol. The second-order valence-electron chi connectivity index (χ2n) is 4.18. The molecule has 1 rings (SSSR count). The van der Waals surface area contributed by atoms with Gasteiger partial charge in [0.2, 0.25) is 0 Å². The Kier molecular flexibility index (Phi) is 11.9. The fourth-order valence-electron chi connectivity index (χ4n) is 1.77. The molecule has 0 aliphatic heterocycles. The molecule has 16 heavy (non-hydrogen) atoms. The maximum absolute atomic E-state index is 9.13. The third-order valence-corrected chi connectivity index (χ3v) is 2.76. The van der Waals surface area contributed by atoms with Gasteiger partial charge in [0.25, 0.3) is 0 Å². The number of phenols is 1. The quantitative estimate of drug-likeness (QED) is 0.752. The second-order valence-corrected chi connectivity index (χ2v) is 4.18. The van der Waals surface area contributed by atoms with Crippen molar-refractivity contribution in [2.24, 2.45) is 0 Å². The summed E-state index contributed by atoms with van der Waals surface area (Å²) in [7, 11) is 0. The molecule has 2 heteroatoms. The van der Waals surface area contributed by atoms with Crippen LogP contribution in [0.2, 0.25) is 0 Å². The molecular formula is C14H23CsO. The minimum atomic E-state index is 0. The molecule has 0 heterocycles. The molecule has 0 saturated carbocycles. The molecule has 0 aliphatic carbocycles. The predicted molar refractivity (Wildman–Crippen MR) is 72.3 cm³/mol. The van der Waals surface area contributed by atoms with E-state index in [0.717, 1.165) is 6.42 Å². The molecule has 0 amide bonds. The van der Waals surface area contributed by atoms with Crippen LogP contribution >= 0.6 is 0 Å². The molecule has 0 radical (unpaired) electrons. The summed E-state index contributed by atoms with van der Waals surface area (Å²) in [4.78, 5) is 0. The summed E-state index contributed by atoms with van der Waals surface area (Å²) in [6.07, 6.45) is 9.19. The van der Waals surface area contributed by atoms with Crippen molar-refractivity contribution in [1.29, 1.82) is 0 Å². The van der Waals surface area contributed by atoms with Gasteiger partial charge in [-0.15, -0.1) is 0 Å². The number of rotatable bonds is 7. The molecule has 0 aliphatic rings. The minimum absolute atomic E-state index is 0. The van der Waals surface area contributed by atoms with Crippen LogP contribution < -0.4 is 0 Å². The summed E-state index contributed by atoms with van der Waals surface area (Å²) in [5.41, 5.74) is 1.34. The summed E-state index contributed by atoms with van der Waals surface area (Å²) in [6.45, 7) is 2.25. The van der Waals surface area contributed by atoms with E-state index in [4.69, 9.17) is 5.11 Å². The Hall–Kier alpha value is 1.07. The molecule has 0 bridgehead atoms. The maximum atomic E-state index is 9.13. The number of unbranched alkanes of at least 4 members (excludes halogenated alkanes) is 5. The van der Waals surface area contributed by atoms with Crippen LogP contribution in [0.5, 0.6) is 5.75 Å². The SMILES string of the molecule is CCCCCCCCc1ccc(O)cc1.[CsH]. The first-order valence-electron chi connectivity index (χ1n) is 6.11. The van der Waals surface area contributed by atoms with Crippen molar-refractivity contribution in [1.82, 2.24) is 0 Å². The van der Waals surface area contributed by atoms with Crippen molar-refractivity contribution in [3.63, 3.8) is 0 Å². The number of hydrogen-bond acceptors (Lipinski definition) is 1. The van der Waals surface area contributed by atoms with E-state index < -0.39 is 0 Å². The topological polar surface area (TPSA) is 20.2 Å². The van der Waals surface area contributed by atoms with Crippen LogP contribution in [0, 0.1) is 0 Å². The number of aryl methyl sites for hydroxylation is 1. The van der Waals surface area contributed by atoms with Gasteiger partial charge in [-0.3, -0.25) is 0 Å². The Morgan fingerprint density at radius 2 is 1.44 bits per heavy atom. The van der Waals surface area contributed by atoms with Gasteiger partial charge in [0.05, 0.1) is 0 Å². The summed E-state index contributed by atoms with van der Waals surface area (Å²) in [5, 5.41) is 9.13. The summed E-state index contributed by atoms with van der Waals surface area (Å²) < 4.78 is 0. The molecule has 0 aromatic heterocycles.